The number of H-pyrrole nitrogens is 1. The number of fused-ring (bicyclic) bond motifs is 2. The smallest absolute Gasteiger partial charge is 0.231 e. The molecule has 0 fully saturated rings. The summed E-state index contributed by atoms with van der Waals surface area (Å²) in [7, 11) is 2.00. The van der Waals surface area contributed by atoms with Crippen LogP contribution in [0.15, 0.2) is 54.2 Å². The molecule has 0 bridgehead atoms. The summed E-state index contributed by atoms with van der Waals surface area (Å²) < 4.78 is 1.00. The summed E-state index contributed by atoms with van der Waals surface area (Å²) in [6.07, 6.45) is 3.61. The molecule has 0 saturated heterocycles. The molecule has 27 heavy (non-hydrogen) atoms. The first-order valence-corrected chi connectivity index (χ1v) is 9.28. The molecule has 0 amide bonds. The molecule has 4 heterocycles. The van der Waals surface area contributed by atoms with Crippen LogP contribution in [0.3, 0.4) is 0 Å². The summed E-state index contributed by atoms with van der Waals surface area (Å²) >= 11 is 1.61. The lowest BCUT2D eigenvalue weighted by molar-refractivity contribution is 1.12. The molecular formula is C18H14BN7S. The van der Waals surface area contributed by atoms with Gasteiger partial charge in [-0.15, -0.1) is 11.3 Å². The molecule has 4 aromatic heterocycles. The third-order valence-corrected chi connectivity index (χ3v) is 5.07. The fourth-order valence-corrected chi connectivity index (χ4v) is 3.59. The van der Waals surface area contributed by atoms with Crippen LogP contribution in [0.5, 0.6) is 0 Å². The summed E-state index contributed by atoms with van der Waals surface area (Å²) in [5.74, 6) is 1.97. The standard InChI is InChI=1S/C18H14BN7S/c19-11-1-4-15(20-9-11)24-18-23-14-5-6-27-16(14)17(25-18)22-12-2-3-13-10(7-12)8-21-26-13/h1-9H,19H2,(H,21,26)(H2,20,22,23,24,25). The highest BCUT2D eigenvalue weighted by molar-refractivity contribution is 7.17. The van der Waals surface area contributed by atoms with Crippen molar-refractivity contribution >= 4 is 69.0 Å². The Labute approximate surface area is 159 Å². The third kappa shape index (κ3) is 3.08. The second-order valence-corrected chi connectivity index (χ2v) is 7.09. The zero-order valence-electron chi connectivity index (χ0n) is 14.4. The minimum absolute atomic E-state index is 0.504. The van der Waals surface area contributed by atoms with E-state index in [2.05, 4.69) is 35.8 Å². The highest BCUT2D eigenvalue weighted by Crippen LogP contribution is 2.30. The van der Waals surface area contributed by atoms with E-state index in [0.29, 0.717) is 11.8 Å². The van der Waals surface area contributed by atoms with E-state index in [9.17, 15) is 0 Å². The van der Waals surface area contributed by atoms with Gasteiger partial charge in [0.2, 0.25) is 5.95 Å². The van der Waals surface area contributed by atoms with Crippen LogP contribution in [-0.2, 0) is 0 Å². The molecule has 5 rings (SSSR count). The van der Waals surface area contributed by atoms with Crippen LogP contribution < -0.4 is 16.1 Å². The van der Waals surface area contributed by atoms with Crippen molar-refractivity contribution in [1.29, 1.82) is 0 Å². The number of hydrogen-bond acceptors (Lipinski definition) is 7. The monoisotopic (exact) mass is 371 g/mol. The van der Waals surface area contributed by atoms with Crippen LogP contribution >= 0.6 is 11.3 Å². The summed E-state index contributed by atoms with van der Waals surface area (Å²) in [5.41, 5.74) is 3.93. The van der Waals surface area contributed by atoms with Crippen molar-refractivity contribution < 1.29 is 0 Å². The zero-order chi connectivity index (χ0) is 18.2. The Kier molecular flexibility index (Phi) is 3.72. The largest absolute Gasteiger partial charge is 0.339 e. The van der Waals surface area contributed by atoms with Gasteiger partial charge in [0.1, 0.15) is 13.7 Å². The van der Waals surface area contributed by atoms with Crippen molar-refractivity contribution in [2.45, 2.75) is 0 Å². The second kappa shape index (κ2) is 6.37. The van der Waals surface area contributed by atoms with Gasteiger partial charge in [-0.3, -0.25) is 5.10 Å². The Hall–Kier alpha value is -3.46. The van der Waals surface area contributed by atoms with Gasteiger partial charge >= 0.3 is 0 Å². The molecule has 0 aliphatic carbocycles. The maximum atomic E-state index is 4.67. The fraction of sp³-hybridized carbons (Fsp3) is 0. The highest BCUT2D eigenvalue weighted by atomic mass is 32.1. The maximum Gasteiger partial charge on any atom is 0.231 e. The number of hydrogen-bond donors (Lipinski definition) is 3. The van der Waals surface area contributed by atoms with Gasteiger partial charge in [-0.05, 0) is 35.7 Å². The van der Waals surface area contributed by atoms with Crippen LogP contribution in [0.4, 0.5) is 23.3 Å². The summed E-state index contributed by atoms with van der Waals surface area (Å²) in [6, 6.07) is 11.9. The Morgan fingerprint density at radius 3 is 2.85 bits per heavy atom. The summed E-state index contributed by atoms with van der Waals surface area (Å²) in [4.78, 5) is 13.6. The molecule has 1 aromatic carbocycles. The number of pyridine rings is 1. The molecule has 0 saturated carbocycles. The van der Waals surface area contributed by atoms with E-state index in [0.717, 1.165) is 38.1 Å². The molecule has 5 aromatic rings. The molecule has 9 heteroatoms. The predicted octanol–water partition coefficient (Wildman–Crippen LogP) is 2.71. The van der Waals surface area contributed by atoms with E-state index in [1.807, 2.05) is 55.8 Å². The second-order valence-electron chi connectivity index (χ2n) is 6.17. The molecule has 0 aliphatic heterocycles. The van der Waals surface area contributed by atoms with Crippen LogP contribution in [0.2, 0.25) is 0 Å². The lowest BCUT2D eigenvalue weighted by Crippen LogP contribution is -2.06. The maximum absolute atomic E-state index is 4.67. The molecule has 0 aliphatic rings. The number of nitrogens with one attached hydrogen (secondary N) is 3. The Bertz CT molecular complexity index is 1250. The molecule has 130 valence electrons. The first-order chi connectivity index (χ1) is 13.2. The van der Waals surface area contributed by atoms with Crippen LogP contribution in [0.25, 0.3) is 21.1 Å². The lowest BCUT2D eigenvalue weighted by atomic mass is 9.99. The average Bonchev–Trinajstić information content (AvgIpc) is 3.32. The average molecular weight is 371 g/mol. The van der Waals surface area contributed by atoms with Gasteiger partial charge in [0, 0.05) is 17.3 Å². The van der Waals surface area contributed by atoms with E-state index in [1.54, 1.807) is 17.5 Å². The molecule has 0 unspecified atom stereocenters. The lowest BCUT2D eigenvalue weighted by Gasteiger charge is -2.10. The number of anilines is 4. The van der Waals surface area contributed by atoms with Crippen molar-refractivity contribution in [2.24, 2.45) is 0 Å². The highest BCUT2D eigenvalue weighted by Gasteiger charge is 2.11. The van der Waals surface area contributed by atoms with Crippen molar-refractivity contribution in [1.82, 2.24) is 25.1 Å². The van der Waals surface area contributed by atoms with Gasteiger partial charge in [-0.25, -0.2) is 9.97 Å². The Morgan fingerprint density at radius 2 is 1.96 bits per heavy atom. The number of benzene rings is 1. The van der Waals surface area contributed by atoms with Gasteiger partial charge in [0.05, 0.1) is 21.9 Å². The zero-order valence-corrected chi connectivity index (χ0v) is 15.2. The van der Waals surface area contributed by atoms with E-state index in [1.165, 1.54) is 0 Å². The van der Waals surface area contributed by atoms with Crippen molar-refractivity contribution in [2.75, 3.05) is 10.6 Å². The third-order valence-electron chi connectivity index (χ3n) is 4.16. The minimum Gasteiger partial charge on any atom is -0.339 e. The number of rotatable bonds is 4. The first-order valence-electron chi connectivity index (χ1n) is 8.40. The number of nitrogens with zero attached hydrogens (tertiary/aromatic N) is 4. The summed E-state index contributed by atoms with van der Waals surface area (Å²) in [6.45, 7) is 0. The minimum atomic E-state index is 0.504. The normalized spacial score (nSPS) is 11.1. The first kappa shape index (κ1) is 15.8. The fourth-order valence-electron chi connectivity index (χ4n) is 2.82. The number of aromatic amines is 1. The Balaban J connectivity index is 1.52. The van der Waals surface area contributed by atoms with Crippen LogP contribution in [-0.4, -0.2) is 33.0 Å². The van der Waals surface area contributed by atoms with Gasteiger partial charge in [0.15, 0.2) is 5.82 Å². The summed E-state index contributed by atoms with van der Waals surface area (Å²) in [5, 5.41) is 16.7. The molecular weight excluding hydrogens is 357 g/mol. The quantitative estimate of drug-likeness (QED) is 0.421. The van der Waals surface area contributed by atoms with E-state index >= 15 is 0 Å². The van der Waals surface area contributed by atoms with Gasteiger partial charge in [-0.2, -0.15) is 10.1 Å². The number of thiophene rings is 1. The van der Waals surface area contributed by atoms with E-state index < -0.39 is 0 Å². The molecule has 3 N–H and O–H groups in total. The predicted molar refractivity (Wildman–Crippen MR) is 112 cm³/mol. The molecule has 0 atom stereocenters. The van der Waals surface area contributed by atoms with E-state index in [-0.39, 0.29) is 0 Å². The van der Waals surface area contributed by atoms with Gasteiger partial charge in [0.25, 0.3) is 0 Å². The van der Waals surface area contributed by atoms with Crippen molar-refractivity contribution in [3.8, 4) is 0 Å². The topological polar surface area (TPSA) is 91.4 Å². The molecule has 0 radical (unpaired) electrons. The van der Waals surface area contributed by atoms with Gasteiger partial charge < -0.3 is 10.6 Å². The van der Waals surface area contributed by atoms with E-state index in [4.69, 9.17) is 0 Å². The van der Waals surface area contributed by atoms with Crippen LogP contribution in [0, 0.1) is 0 Å². The van der Waals surface area contributed by atoms with Crippen molar-refractivity contribution in [3.05, 3.63) is 54.2 Å². The van der Waals surface area contributed by atoms with Crippen molar-refractivity contribution in [3.63, 3.8) is 0 Å². The number of aromatic nitrogens is 5. The SMILES string of the molecule is Bc1ccc(Nc2nc(Nc3ccc4[nH]ncc4c3)c3sccc3n2)nc1. The molecule has 7 nitrogen and oxygen atoms in total. The Morgan fingerprint density at radius 1 is 1.00 bits per heavy atom. The van der Waals surface area contributed by atoms with Gasteiger partial charge in [-0.1, -0.05) is 11.5 Å². The van der Waals surface area contributed by atoms with Crippen LogP contribution in [0.1, 0.15) is 0 Å². The molecule has 0 spiro atoms.